The van der Waals surface area contributed by atoms with Crippen LogP contribution in [0.25, 0.3) is 10.9 Å². The molecule has 3 aromatic carbocycles. The molecule has 1 aliphatic rings. The molecule has 0 spiro atoms. The topological polar surface area (TPSA) is 65.2 Å². The van der Waals surface area contributed by atoms with Gasteiger partial charge in [-0.15, -0.1) is 11.8 Å². The molecule has 2 N–H and O–H groups in total. The molecule has 7 heteroatoms. The van der Waals surface area contributed by atoms with Crippen molar-refractivity contribution in [2.24, 2.45) is 0 Å². The largest absolute Gasteiger partial charge is 0.350 e. The lowest BCUT2D eigenvalue weighted by molar-refractivity contribution is -0.138. The van der Waals surface area contributed by atoms with Crippen LogP contribution in [-0.2, 0) is 22.6 Å². The molecule has 2 amide bonds. The number of fused-ring (bicyclic) bond motifs is 3. The van der Waals surface area contributed by atoms with E-state index in [1.807, 2.05) is 54.6 Å². The minimum absolute atomic E-state index is 0.0238. The second-order valence-corrected chi connectivity index (χ2v) is 10.4. The van der Waals surface area contributed by atoms with Crippen LogP contribution in [-0.4, -0.2) is 40.3 Å². The normalized spacial score (nSPS) is 15.6. The molecule has 178 valence electrons. The number of hydrogen-bond donors (Lipinski definition) is 2. The van der Waals surface area contributed by atoms with E-state index in [0.29, 0.717) is 25.3 Å². The predicted molar refractivity (Wildman–Crippen MR) is 144 cm³/mol. The van der Waals surface area contributed by atoms with Crippen LogP contribution >= 0.6 is 23.5 Å². The first kappa shape index (κ1) is 23.6. The van der Waals surface area contributed by atoms with E-state index in [2.05, 4.69) is 40.8 Å². The minimum atomic E-state index is -0.696. The van der Waals surface area contributed by atoms with Crippen molar-refractivity contribution in [3.05, 3.63) is 95.6 Å². The Morgan fingerprint density at radius 1 is 1.03 bits per heavy atom. The molecule has 1 atom stereocenters. The van der Waals surface area contributed by atoms with Crippen molar-refractivity contribution in [2.45, 2.75) is 28.9 Å². The number of carbonyl (C=O) groups excluding carboxylic acids is 2. The zero-order valence-corrected chi connectivity index (χ0v) is 21.1. The molecule has 5 rings (SSSR count). The summed E-state index contributed by atoms with van der Waals surface area (Å²) >= 11 is 3.19. The lowest BCUT2D eigenvalue weighted by Crippen LogP contribution is -2.44. The van der Waals surface area contributed by atoms with E-state index < -0.39 is 6.04 Å². The molecule has 0 bridgehead atoms. The van der Waals surface area contributed by atoms with Gasteiger partial charge in [-0.1, -0.05) is 72.4 Å². The average molecular weight is 502 g/mol. The van der Waals surface area contributed by atoms with Gasteiger partial charge in [-0.3, -0.25) is 9.59 Å². The zero-order chi connectivity index (χ0) is 24.2. The molecule has 0 saturated carbocycles. The van der Waals surface area contributed by atoms with Crippen LogP contribution in [0.5, 0.6) is 0 Å². The average Bonchev–Trinajstić information content (AvgIpc) is 3.20. The molecule has 1 unspecified atom stereocenters. The maximum Gasteiger partial charge on any atom is 0.247 e. The van der Waals surface area contributed by atoms with Crippen molar-refractivity contribution >= 4 is 46.2 Å². The van der Waals surface area contributed by atoms with Crippen molar-refractivity contribution < 1.29 is 9.59 Å². The second-order valence-electron chi connectivity index (χ2n) is 8.49. The van der Waals surface area contributed by atoms with Crippen molar-refractivity contribution in [1.82, 2.24) is 15.2 Å². The Morgan fingerprint density at radius 2 is 1.77 bits per heavy atom. The Labute approximate surface area is 213 Å². The van der Waals surface area contributed by atoms with Crippen molar-refractivity contribution in [3.8, 4) is 0 Å². The first-order chi connectivity index (χ1) is 17.1. The van der Waals surface area contributed by atoms with E-state index in [-0.39, 0.29) is 11.8 Å². The third-order valence-corrected chi connectivity index (χ3v) is 8.06. The molecular formula is C28H27N3O2S2. The molecule has 0 radical (unpaired) electrons. The number of H-pyrrole nitrogens is 1. The van der Waals surface area contributed by atoms with Crippen molar-refractivity contribution in [1.29, 1.82) is 0 Å². The van der Waals surface area contributed by atoms with Crippen LogP contribution in [0.2, 0.25) is 0 Å². The molecule has 1 aromatic heterocycles. The van der Waals surface area contributed by atoms with Gasteiger partial charge >= 0.3 is 0 Å². The van der Waals surface area contributed by atoms with E-state index in [1.165, 1.54) is 16.7 Å². The monoisotopic (exact) mass is 501 g/mol. The van der Waals surface area contributed by atoms with E-state index in [9.17, 15) is 9.59 Å². The molecule has 1 aliphatic heterocycles. The van der Waals surface area contributed by atoms with E-state index >= 15 is 0 Å². The molecule has 4 aromatic rings. The van der Waals surface area contributed by atoms with Gasteiger partial charge in [0, 0.05) is 34.5 Å². The van der Waals surface area contributed by atoms with Gasteiger partial charge in [0.05, 0.1) is 10.8 Å². The van der Waals surface area contributed by atoms with Crippen LogP contribution in [0.3, 0.4) is 0 Å². The Morgan fingerprint density at radius 3 is 2.54 bits per heavy atom. The van der Waals surface area contributed by atoms with Crippen molar-refractivity contribution in [3.63, 3.8) is 0 Å². The smallest absolute Gasteiger partial charge is 0.247 e. The fourth-order valence-electron chi connectivity index (χ4n) is 4.49. The number of carbonyl (C=O) groups is 2. The van der Waals surface area contributed by atoms with Gasteiger partial charge in [0.1, 0.15) is 6.04 Å². The Bertz CT molecular complexity index is 1340. The third kappa shape index (κ3) is 5.11. The summed E-state index contributed by atoms with van der Waals surface area (Å²) in [6.07, 6.45) is 2.74. The highest BCUT2D eigenvalue weighted by Crippen LogP contribution is 2.40. The van der Waals surface area contributed by atoms with Gasteiger partial charge in [-0.05, 0) is 42.0 Å². The number of aromatic amines is 1. The molecule has 35 heavy (non-hydrogen) atoms. The summed E-state index contributed by atoms with van der Waals surface area (Å²) in [5, 5.41) is 4.98. The number of thioether (sulfide) groups is 2. The van der Waals surface area contributed by atoms with Gasteiger partial charge in [-0.2, -0.15) is 0 Å². The SMILES string of the molecule is CSc1ccc(CCN2C(=O)CSc3[nH]c4ccccc4c3C2C(=O)NCc2ccccc2)cc1. The van der Waals surface area contributed by atoms with E-state index in [4.69, 9.17) is 0 Å². The summed E-state index contributed by atoms with van der Waals surface area (Å²) in [5.74, 6) is 0.117. The first-order valence-corrected chi connectivity index (χ1v) is 13.8. The number of hydrogen-bond acceptors (Lipinski definition) is 4. The first-order valence-electron chi connectivity index (χ1n) is 11.6. The summed E-state index contributed by atoms with van der Waals surface area (Å²) in [7, 11) is 0. The number of nitrogens with one attached hydrogen (secondary N) is 2. The van der Waals surface area contributed by atoms with Gasteiger partial charge in [0.15, 0.2) is 0 Å². The Kier molecular flexibility index (Phi) is 7.16. The highest BCUT2D eigenvalue weighted by atomic mass is 32.2. The number of aromatic nitrogens is 1. The number of amides is 2. The summed E-state index contributed by atoms with van der Waals surface area (Å²) in [6, 6.07) is 25.6. The van der Waals surface area contributed by atoms with Gasteiger partial charge in [0.25, 0.3) is 0 Å². The van der Waals surface area contributed by atoms with E-state index in [1.54, 1.807) is 16.7 Å². The predicted octanol–water partition coefficient (Wildman–Crippen LogP) is 5.42. The van der Waals surface area contributed by atoms with Gasteiger partial charge in [0.2, 0.25) is 11.8 Å². The number of rotatable bonds is 7. The van der Waals surface area contributed by atoms with Crippen LogP contribution in [0, 0.1) is 0 Å². The number of benzene rings is 3. The Hall–Kier alpha value is -3.16. The second kappa shape index (κ2) is 10.6. The quantitative estimate of drug-likeness (QED) is 0.332. The summed E-state index contributed by atoms with van der Waals surface area (Å²) < 4.78 is 0. The molecule has 0 aliphatic carbocycles. The fraction of sp³-hybridized carbons (Fsp3) is 0.214. The standard InChI is InChI=1S/C28H27N3O2S2/c1-34-21-13-11-19(12-14-21)15-16-31-24(32)18-35-28-25(22-9-5-6-10-23(22)30-28)26(31)27(33)29-17-20-7-3-2-4-8-20/h2-14,26,30H,15-18H2,1H3,(H,29,33). The van der Waals surface area contributed by atoms with E-state index in [0.717, 1.165) is 32.6 Å². The van der Waals surface area contributed by atoms with Gasteiger partial charge < -0.3 is 15.2 Å². The fourth-order valence-corrected chi connectivity index (χ4v) is 5.89. The lowest BCUT2D eigenvalue weighted by Gasteiger charge is -2.30. The maximum atomic E-state index is 13.7. The highest BCUT2D eigenvalue weighted by molar-refractivity contribution is 8.00. The zero-order valence-electron chi connectivity index (χ0n) is 19.5. The van der Waals surface area contributed by atoms with Crippen LogP contribution in [0.4, 0.5) is 0 Å². The number of para-hydroxylation sites is 1. The summed E-state index contributed by atoms with van der Waals surface area (Å²) in [6.45, 7) is 0.888. The highest BCUT2D eigenvalue weighted by Gasteiger charge is 2.37. The molecular weight excluding hydrogens is 474 g/mol. The summed E-state index contributed by atoms with van der Waals surface area (Å²) in [5.41, 5.74) is 4.04. The summed E-state index contributed by atoms with van der Waals surface area (Å²) in [4.78, 5) is 33.5. The molecule has 0 fully saturated rings. The van der Waals surface area contributed by atoms with Gasteiger partial charge in [-0.25, -0.2) is 0 Å². The minimum Gasteiger partial charge on any atom is -0.350 e. The third-order valence-electron chi connectivity index (χ3n) is 6.31. The lowest BCUT2D eigenvalue weighted by atomic mass is 10.0. The number of nitrogens with zero attached hydrogens (tertiary/aromatic N) is 1. The Balaban J connectivity index is 1.48. The maximum absolute atomic E-state index is 13.7. The molecule has 5 nitrogen and oxygen atoms in total. The van der Waals surface area contributed by atoms with Crippen LogP contribution < -0.4 is 5.32 Å². The van der Waals surface area contributed by atoms with Crippen LogP contribution in [0.1, 0.15) is 22.7 Å². The molecule has 0 saturated heterocycles. The van der Waals surface area contributed by atoms with Crippen molar-refractivity contribution in [2.75, 3.05) is 18.6 Å². The molecule has 2 heterocycles. The van der Waals surface area contributed by atoms with Crippen LogP contribution in [0.15, 0.2) is 88.8 Å².